The first-order chi connectivity index (χ1) is 10.5. The van der Waals surface area contributed by atoms with Gasteiger partial charge in [0.25, 0.3) is 0 Å². The lowest BCUT2D eigenvalue weighted by atomic mass is 10.1. The van der Waals surface area contributed by atoms with Crippen molar-refractivity contribution in [1.29, 1.82) is 0 Å². The summed E-state index contributed by atoms with van der Waals surface area (Å²) in [5.74, 6) is 0.336. The van der Waals surface area contributed by atoms with Gasteiger partial charge in [0.15, 0.2) is 11.5 Å². The number of methoxy groups -OCH3 is 1. The first-order valence-electron chi connectivity index (χ1n) is 6.96. The number of halogens is 2. The molecule has 0 atom stereocenters. The molecule has 0 aromatic heterocycles. The number of phenols is 1. The summed E-state index contributed by atoms with van der Waals surface area (Å²) < 4.78 is 23.6. The van der Waals surface area contributed by atoms with Gasteiger partial charge in [0, 0.05) is 0 Å². The smallest absolute Gasteiger partial charge is 0.204 e. The normalized spacial score (nSPS) is 10.5. The minimum atomic E-state index is -0.246. The highest BCUT2D eigenvalue weighted by atomic mass is 35.5. The summed E-state index contributed by atoms with van der Waals surface area (Å²) >= 11 is 6.14. The summed E-state index contributed by atoms with van der Waals surface area (Å²) in [5, 5.41) is 10.4. The van der Waals surface area contributed by atoms with Crippen LogP contribution >= 0.6 is 11.6 Å². The van der Waals surface area contributed by atoms with Crippen LogP contribution in [0.25, 0.3) is 0 Å². The van der Waals surface area contributed by atoms with Crippen molar-refractivity contribution in [3.8, 4) is 17.2 Å². The molecule has 2 aromatic rings. The zero-order valence-corrected chi connectivity index (χ0v) is 13.3. The fraction of sp³-hybridized carbons (Fsp3) is 0.294. The second-order valence-electron chi connectivity index (χ2n) is 4.97. The van der Waals surface area contributed by atoms with Gasteiger partial charge >= 0.3 is 0 Å². The van der Waals surface area contributed by atoms with Crippen molar-refractivity contribution in [1.82, 2.24) is 0 Å². The molecule has 0 saturated heterocycles. The number of phenolic OH excluding ortho intramolecular Hbond substituents is 1. The SMILES string of the molecule is COc1c(Cl)c(C)cc(O)c1OCCCc1ccc(F)cc1. The predicted octanol–water partition coefficient (Wildman–Crippen LogP) is 4.51. The van der Waals surface area contributed by atoms with Crippen LogP contribution in [0, 0.1) is 12.7 Å². The van der Waals surface area contributed by atoms with Gasteiger partial charge in [0.05, 0.1) is 18.7 Å². The maximum atomic E-state index is 12.8. The van der Waals surface area contributed by atoms with E-state index in [9.17, 15) is 9.50 Å². The van der Waals surface area contributed by atoms with E-state index in [-0.39, 0.29) is 17.3 Å². The molecule has 118 valence electrons. The van der Waals surface area contributed by atoms with Gasteiger partial charge in [0.2, 0.25) is 5.75 Å². The van der Waals surface area contributed by atoms with Crippen LogP contribution < -0.4 is 9.47 Å². The van der Waals surface area contributed by atoms with Crippen molar-refractivity contribution < 1.29 is 19.0 Å². The zero-order valence-electron chi connectivity index (χ0n) is 12.5. The molecule has 0 bridgehead atoms. The molecule has 0 aliphatic rings. The fourth-order valence-corrected chi connectivity index (χ4v) is 2.37. The second kappa shape index (κ2) is 7.36. The molecule has 0 aliphatic carbocycles. The van der Waals surface area contributed by atoms with Gasteiger partial charge in [-0.3, -0.25) is 0 Å². The third-order valence-electron chi connectivity index (χ3n) is 3.31. The van der Waals surface area contributed by atoms with E-state index in [0.29, 0.717) is 17.4 Å². The molecule has 5 heteroatoms. The Bertz CT molecular complexity index is 641. The molecule has 1 N–H and O–H groups in total. The lowest BCUT2D eigenvalue weighted by Gasteiger charge is -2.15. The van der Waals surface area contributed by atoms with Gasteiger partial charge in [-0.2, -0.15) is 0 Å². The van der Waals surface area contributed by atoms with Crippen molar-refractivity contribution in [2.45, 2.75) is 19.8 Å². The average Bonchev–Trinajstić information content (AvgIpc) is 2.50. The molecule has 0 heterocycles. The molecule has 0 saturated carbocycles. The van der Waals surface area contributed by atoms with Crippen LogP contribution in [0.15, 0.2) is 30.3 Å². The summed E-state index contributed by atoms with van der Waals surface area (Å²) in [5.41, 5.74) is 1.75. The first kappa shape index (κ1) is 16.4. The third kappa shape index (κ3) is 3.83. The van der Waals surface area contributed by atoms with E-state index in [0.717, 1.165) is 24.0 Å². The number of ether oxygens (including phenoxy) is 2. The van der Waals surface area contributed by atoms with Gasteiger partial charge in [-0.05, 0) is 49.1 Å². The standard InChI is InChI=1S/C17H18ClFO3/c1-11-10-14(20)16(17(21-2)15(11)18)22-9-3-4-12-5-7-13(19)8-6-12/h5-8,10,20H,3-4,9H2,1-2H3. The van der Waals surface area contributed by atoms with E-state index < -0.39 is 0 Å². The average molecular weight is 325 g/mol. The van der Waals surface area contributed by atoms with Gasteiger partial charge < -0.3 is 14.6 Å². The number of aryl methyl sites for hydroxylation is 2. The van der Waals surface area contributed by atoms with Crippen LogP contribution in [-0.2, 0) is 6.42 Å². The largest absolute Gasteiger partial charge is 0.504 e. The lowest BCUT2D eigenvalue weighted by Crippen LogP contribution is -2.02. The first-order valence-corrected chi connectivity index (χ1v) is 7.34. The Kier molecular flexibility index (Phi) is 5.50. The third-order valence-corrected chi connectivity index (χ3v) is 3.78. The molecule has 2 aromatic carbocycles. The van der Waals surface area contributed by atoms with Crippen molar-refractivity contribution in [2.24, 2.45) is 0 Å². The summed E-state index contributed by atoms with van der Waals surface area (Å²) in [4.78, 5) is 0. The summed E-state index contributed by atoms with van der Waals surface area (Å²) in [6.45, 7) is 2.17. The molecular weight excluding hydrogens is 307 g/mol. The molecule has 22 heavy (non-hydrogen) atoms. The van der Waals surface area contributed by atoms with Crippen LogP contribution in [0.1, 0.15) is 17.5 Å². The maximum absolute atomic E-state index is 12.8. The Morgan fingerprint density at radius 1 is 1.18 bits per heavy atom. The molecular formula is C17H18ClFO3. The summed E-state index contributed by atoms with van der Waals surface area (Å²) in [6.07, 6.45) is 1.47. The Labute approximate surface area is 134 Å². The van der Waals surface area contributed by atoms with Crippen molar-refractivity contribution in [3.63, 3.8) is 0 Å². The maximum Gasteiger partial charge on any atom is 0.204 e. The van der Waals surface area contributed by atoms with Gasteiger partial charge in [-0.15, -0.1) is 0 Å². The summed E-state index contributed by atoms with van der Waals surface area (Å²) in [6, 6.07) is 7.90. The topological polar surface area (TPSA) is 38.7 Å². The lowest BCUT2D eigenvalue weighted by molar-refractivity contribution is 0.274. The molecule has 2 rings (SSSR count). The molecule has 0 unspecified atom stereocenters. The van der Waals surface area contributed by atoms with Crippen LogP contribution in [0.4, 0.5) is 4.39 Å². The quantitative estimate of drug-likeness (QED) is 0.794. The molecule has 0 radical (unpaired) electrons. The van der Waals surface area contributed by atoms with E-state index in [1.807, 2.05) is 0 Å². The van der Waals surface area contributed by atoms with Crippen molar-refractivity contribution >= 4 is 11.6 Å². The Morgan fingerprint density at radius 2 is 1.86 bits per heavy atom. The van der Waals surface area contributed by atoms with Crippen molar-refractivity contribution in [3.05, 3.63) is 52.3 Å². The molecule has 0 aliphatic heterocycles. The Morgan fingerprint density at radius 3 is 2.50 bits per heavy atom. The van der Waals surface area contributed by atoms with Crippen LogP contribution in [-0.4, -0.2) is 18.8 Å². The van der Waals surface area contributed by atoms with Crippen LogP contribution in [0.3, 0.4) is 0 Å². The number of benzene rings is 2. The van der Waals surface area contributed by atoms with E-state index in [2.05, 4.69) is 0 Å². The molecule has 0 spiro atoms. The number of hydrogen-bond acceptors (Lipinski definition) is 3. The second-order valence-corrected chi connectivity index (χ2v) is 5.35. The van der Waals surface area contributed by atoms with Gasteiger partial charge in [-0.25, -0.2) is 4.39 Å². The minimum absolute atomic E-state index is 0.000493. The van der Waals surface area contributed by atoms with E-state index >= 15 is 0 Å². The van der Waals surface area contributed by atoms with E-state index in [1.54, 1.807) is 25.1 Å². The molecule has 0 fully saturated rings. The minimum Gasteiger partial charge on any atom is -0.504 e. The zero-order chi connectivity index (χ0) is 16.1. The Hall–Kier alpha value is -1.94. The Balaban J connectivity index is 1.97. The highest BCUT2D eigenvalue weighted by Crippen LogP contribution is 2.44. The molecule has 3 nitrogen and oxygen atoms in total. The number of aromatic hydroxyl groups is 1. The summed E-state index contributed by atoms with van der Waals surface area (Å²) in [7, 11) is 1.48. The monoisotopic (exact) mass is 324 g/mol. The number of rotatable bonds is 6. The fourth-order valence-electron chi connectivity index (χ4n) is 2.15. The van der Waals surface area contributed by atoms with Crippen LogP contribution in [0.2, 0.25) is 5.02 Å². The van der Waals surface area contributed by atoms with Crippen molar-refractivity contribution in [2.75, 3.05) is 13.7 Å². The van der Waals surface area contributed by atoms with Gasteiger partial charge in [-0.1, -0.05) is 23.7 Å². The molecule has 0 amide bonds. The predicted molar refractivity (Wildman–Crippen MR) is 84.6 cm³/mol. The van der Waals surface area contributed by atoms with Gasteiger partial charge in [0.1, 0.15) is 5.82 Å². The van der Waals surface area contributed by atoms with Crippen LogP contribution in [0.5, 0.6) is 17.2 Å². The van der Waals surface area contributed by atoms with E-state index in [4.69, 9.17) is 21.1 Å². The van der Waals surface area contributed by atoms with E-state index in [1.165, 1.54) is 19.2 Å². The highest BCUT2D eigenvalue weighted by Gasteiger charge is 2.17. The highest BCUT2D eigenvalue weighted by molar-refractivity contribution is 6.33. The number of hydrogen-bond donors (Lipinski definition) is 1.